The number of nitrogens with zero attached hydrogens (tertiary/aromatic N) is 3. The van der Waals surface area contributed by atoms with Crippen molar-refractivity contribution in [3.05, 3.63) is 54.1 Å². The maximum Gasteiger partial charge on any atom is 0.277 e. The fourth-order valence-electron chi connectivity index (χ4n) is 3.04. The van der Waals surface area contributed by atoms with Crippen molar-refractivity contribution in [1.82, 2.24) is 14.5 Å². The minimum Gasteiger partial charge on any atom is -0.411 e. The first-order valence-electron chi connectivity index (χ1n) is 10.3. The highest BCUT2D eigenvalue weighted by Crippen LogP contribution is 2.26. The van der Waals surface area contributed by atoms with E-state index in [2.05, 4.69) is 22.4 Å². The van der Waals surface area contributed by atoms with Crippen LogP contribution in [-0.4, -0.2) is 47.7 Å². The summed E-state index contributed by atoms with van der Waals surface area (Å²) in [5.74, 6) is 0.110. The third kappa shape index (κ3) is 5.76. The number of thioether (sulfide) groups is 1. The fraction of sp³-hybridized carbons (Fsp3) is 0.318. The molecule has 0 radical (unpaired) electrons. The lowest BCUT2D eigenvalue weighted by Gasteiger charge is -2.18. The van der Waals surface area contributed by atoms with Gasteiger partial charge in [0, 0.05) is 24.3 Å². The van der Waals surface area contributed by atoms with Crippen molar-refractivity contribution in [3.8, 4) is 11.5 Å². The van der Waals surface area contributed by atoms with Gasteiger partial charge in [-0.3, -0.25) is 4.79 Å². The van der Waals surface area contributed by atoms with Crippen LogP contribution in [0.4, 0.5) is 5.69 Å². The molecule has 3 aromatic rings. The summed E-state index contributed by atoms with van der Waals surface area (Å²) in [6, 6.07) is 14.1. The largest absolute Gasteiger partial charge is 0.411 e. The van der Waals surface area contributed by atoms with E-state index in [1.165, 1.54) is 15.9 Å². The summed E-state index contributed by atoms with van der Waals surface area (Å²) in [6.45, 7) is 6.43. The number of hydrogen-bond acceptors (Lipinski definition) is 7. The molecule has 0 unspecified atom stereocenters. The molecule has 1 aromatic heterocycles. The van der Waals surface area contributed by atoms with Crippen molar-refractivity contribution in [2.75, 3.05) is 24.2 Å². The zero-order valence-electron chi connectivity index (χ0n) is 18.2. The highest BCUT2D eigenvalue weighted by molar-refractivity contribution is 7.99. The number of nitrogens with one attached hydrogen (secondary N) is 1. The third-order valence-corrected chi connectivity index (χ3v) is 7.67. The Kier molecular flexibility index (Phi) is 8.05. The molecular weight excluding hydrogens is 448 g/mol. The monoisotopic (exact) mass is 474 g/mol. The van der Waals surface area contributed by atoms with Gasteiger partial charge in [-0.15, -0.1) is 10.2 Å². The first-order chi connectivity index (χ1) is 15.4. The predicted octanol–water partition coefficient (Wildman–Crippen LogP) is 4.06. The maximum absolute atomic E-state index is 12.8. The molecule has 1 N–H and O–H groups in total. The molecular formula is C22H26N4O4S2. The van der Waals surface area contributed by atoms with Crippen molar-refractivity contribution in [1.29, 1.82) is 0 Å². The van der Waals surface area contributed by atoms with Crippen molar-refractivity contribution in [2.45, 2.75) is 37.3 Å². The molecule has 0 saturated carbocycles. The zero-order chi connectivity index (χ0) is 23.1. The Bertz CT molecular complexity index is 1160. The number of carbonyl (C=O) groups excluding carboxylic acids is 1. The van der Waals surface area contributed by atoms with Gasteiger partial charge in [0.15, 0.2) is 0 Å². The molecule has 8 nitrogen and oxygen atoms in total. The Morgan fingerprint density at radius 1 is 1.06 bits per heavy atom. The Balaban J connectivity index is 1.65. The summed E-state index contributed by atoms with van der Waals surface area (Å²) in [5.41, 5.74) is 2.42. The second-order valence-corrected chi connectivity index (χ2v) is 9.74. The molecule has 3 rings (SSSR count). The SMILES string of the molecule is CCc1ccc(NC(=O)CSc2nnc(-c3cccc(S(=O)(=O)N(CC)CC)c3)o2)cc1. The standard InChI is InChI=1S/C22H26N4O4S2/c1-4-16-10-12-18(13-11-16)23-20(27)15-31-22-25-24-21(30-22)17-8-7-9-19(14-17)32(28,29)26(5-2)6-3/h7-14H,4-6,15H2,1-3H3,(H,23,27). The molecule has 0 aliphatic carbocycles. The fourth-order valence-corrected chi connectivity index (χ4v) is 5.10. The summed E-state index contributed by atoms with van der Waals surface area (Å²) in [6.07, 6.45) is 0.938. The predicted molar refractivity (Wildman–Crippen MR) is 125 cm³/mol. The average molecular weight is 475 g/mol. The number of benzene rings is 2. The molecule has 10 heteroatoms. The lowest BCUT2D eigenvalue weighted by molar-refractivity contribution is -0.113. The van der Waals surface area contributed by atoms with Crippen LogP contribution in [0.5, 0.6) is 0 Å². The van der Waals surface area contributed by atoms with E-state index in [1.807, 2.05) is 24.3 Å². The van der Waals surface area contributed by atoms with Crippen LogP contribution in [0.2, 0.25) is 0 Å². The van der Waals surface area contributed by atoms with Crippen molar-refractivity contribution in [2.24, 2.45) is 0 Å². The molecule has 32 heavy (non-hydrogen) atoms. The molecule has 0 fully saturated rings. The second kappa shape index (κ2) is 10.8. The first kappa shape index (κ1) is 24.0. The van der Waals surface area contributed by atoms with E-state index < -0.39 is 10.0 Å². The molecule has 0 bridgehead atoms. The van der Waals surface area contributed by atoms with Crippen LogP contribution in [-0.2, 0) is 21.2 Å². The lowest BCUT2D eigenvalue weighted by Crippen LogP contribution is -2.30. The van der Waals surface area contributed by atoms with Gasteiger partial charge in [0.1, 0.15) is 0 Å². The van der Waals surface area contributed by atoms with Gasteiger partial charge >= 0.3 is 0 Å². The maximum atomic E-state index is 12.8. The molecule has 0 spiro atoms. The Hall–Kier alpha value is -2.69. The van der Waals surface area contributed by atoms with Crippen LogP contribution in [0.3, 0.4) is 0 Å². The Morgan fingerprint density at radius 3 is 2.44 bits per heavy atom. The van der Waals surface area contributed by atoms with Gasteiger partial charge in [-0.2, -0.15) is 4.31 Å². The van der Waals surface area contributed by atoms with E-state index in [0.29, 0.717) is 18.7 Å². The number of anilines is 1. The van der Waals surface area contributed by atoms with Crippen LogP contribution < -0.4 is 5.32 Å². The van der Waals surface area contributed by atoms with E-state index in [-0.39, 0.29) is 27.7 Å². The van der Waals surface area contributed by atoms with E-state index >= 15 is 0 Å². The van der Waals surface area contributed by atoms with Crippen molar-refractivity contribution < 1.29 is 17.6 Å². The zero-order valence-corrected chi connectivity index (χ0v) is 19.9. The second-order valence-electron chi connectivity index (χ2n) is 6.88. The number of rotatable bonds is 10. The number of carbonyl (C=O) groups is 1. The molecule has 0 saturated heterocycles. The molecule has 0 aliphatic heterocycles. The number of hydrogen-bond donors (Lipinski definition) is 1. The average Bonchev–Trinajstić information content (AvgIpc) is 3.28. The van der Waals surface area contributed by atoms with Crippen LogP contribution in [0.1, 0.15) is 26.3 Å². The number of amides is 1. The Labute approximate surface area is 192 Å². The van der Waals surface area contributed by atoms with Gasteiger partial charge < -0.3 is 9.73 Å². The topological polar surface area (TPSA) is 105 Å². The van der Waals surface area contributed by atoms with Gasteiger partial charge in [0.25, 0.3) is 5.22 Å². The Morgan fingerprint density at radius 2 is 1.78 bits per heavy atom. The van der Waals surface area contributed by atoms with Crippen molar-refractivity contribution in [3.63, 3.8) is 0 Å². The summed E-state index contributed by atoms with van der Waals surface area (Å²) in [5, 5.41) is 11.0. The summed E-state index contributed by atoms with van der Waals surface area (Å²) >= 11 is 1.11. The van der Waals surface area contributed by atoms with Gasteiger partial charge in [-0.1, -0.05) is 50.7 Å². The minimum absolute atomic E-state index is 0.105. The molecule has 0 aliphatic rings. The molecule has 0 atom stereocenters. The molecule has 1 heterocycles. The number of aryl methyl sites for hydroxylation is 1. The number of sulfonamides is 1. The minimum atomic E-state index is -3.60. The van der Waals surface area contributed by atoms with Gasteiger partial charge in [-0.05, 0) is 42.3 Å². The van der Waals surface area contributed by atoms with E-state index in [0.717, 1.165) is 23.9 Å². The van der Waals surface area contributed by atoms with E-state index in [9.17, 15) is 13.2 Å². The van der Waals surface area contributed by atoms with Crippen LogP contribution in [0.25, 0.3) is 11.5 Å². The van der Waals surface area contributed by atoms with Gasteiger partial charge in [0.2, 0.25) is 21.8 Å². The summed E-state index contributed by atoms with van der Waals surface area (Å²) < 4.78 is 32.5. The van der Waals surface area contributed by atoms with E-state index in [4.69, 9.17) is 4.42 Å². The lowest BCUT2D eigenvalue weighted by atomic mass is 10.1. The highest BCUT2D eigenvalue weighted by atomic mass is 32.2. The highest BCUT2D eigenvalue weighted by Gasteiger charge is 2.22. The summed E-state index contributed by atoms with van der Waals surface area (Å²) in [4.78, 5) is 12.4. The normalized spacial score (nSPS) is 11.6. The summed E-state index contributed by atoms with van der Waals surface area (Å²) in [7, 11) is -3.60. The first-order valence-corrected chi connectivity index (χ1v) is 12.8. The van der Waals surface area contributed by atoms with Crippen LogP contribution in [0.15, 0.2) is 63.1 Å². The molecule has 170 valence electrons. The number of aromatic nitrogens is 2. The van der Waals surface area contributed by atoms with Crippen LogP contribution in [0, 0.1) is 0 Å². The van der Waals surface area contributed by atoms with Gasteiger partial charge in [-0.25, -0.2) is 8.42 Å². The third-order valence-electron chi connectivity index (χ3n) is 4.80. The van der Waals surface area contributed by atoms with Crippen molar-refractivity contribution >= 4 is 33.4 Å². The van der Waals surface area contributed by atoms with E-state index in [1.54, 1.807) is 32.0 Å². The smallest absolute Gasteiger partial charge is 0.277 e. The van der Waals surface area contributed by atoms with Crippen LogP contribution >= 0.6 is 11.8 Å². The molecule has 2 aromatic carbocycles. The quantitative estimate of drug-likeness (QED) is 0.442. The van der Waals surface area contributed by atoms with Gasteiger partial charge in [0.05, 0.1) is 10.6 Å². The molecule has 1 amide bonds.